The molecule has 0 radical (unpaired) electrons. The van der Waals surface area contributed by atoms with E-state index in [2.05, 4.69) is 20.6 Å². The van der Waals surface area contributed by atoms with Gasteiger partial charge in [0.25, 0.3) is 6.01 Å². The Bertz CT molecular complexity index is 618. The van der Waals surface area contributed by atoms with Gasteiger partial charge in [0.05, 0.1) is 13.2 Å². The molecule has 1 fully saturated rings. The van der Waals surface area contributed by atoms with Crippen LogP contribution in [0.3, 0.4) is 0 Å². The van der Waals surface area contributed by atoms with Crippen LogP contribution in [0.25, 0.3) is 11.2 Å². The molecule has 3 heterocycles. The van der Waals surface area contributed by atoms with Gasteiger partial charge in [-0.15, -0.1) is 0 Å². The van der Waals surface area contributed by atoms with E-state index < -0.39 is 0 Å². The number of aliphatic hydroxyl groups excluding tert-OH is 1. The smallest absolute Gasteiger partial charge is 0.297 e. The molecule has 7 nitrogen and oxygen atoms in total. The van der Waals surface area contributed by atoms with Gasteiger partial charge in [0.15, 0.2) is 5.75 Å². The van der Waals surface area contributed by atoms with Gasteiger partial charge in [0, 0.05) is 25.2 Å². The molecule has 2 aromatic rings. The molecule has 1 aliphatic rings. The lowest BCUT2D eigenvalue weighted by Gasteiger charge is -2.26. The molecule has 8 heteroatoms. The molecule has 108 valence electrons. The molecule has 0 unspecified atom stereocenters. The zero-order chi connectivity index (χ0) is 14.1. The number of aromatic nitrogens is 2. The molecule has 3 rings (SSSR count). The summed E-state index contributed by atoms with van der Waals surface area (Å²) < 4.78 is 10.8. The summed E-state index contributed by atoms with van der Waals surface area (Å²) in [4.78, 5) is 8.33. The van der Waals surface area contributed by atoms with E-state index in [1.807, 2.05) is 0 Å². The molecule has 0 spiro atoms. The minimum absolute atomic E-state index is 0.0493. The van der Waals surface area contributed by atoms with Crippen molar-refractivity contribution in [3.8, 4) is 5.75 Å². The van der Waals surface area contributed by atoms with E-state index in [-0.39, 0.29) is 12.1 Å². The van der Waals surface area contributed by atoms with Crippen molar-refractivity contribution in [1.29, 1.82) is 0 Å². The molecular weight excluding hydrogens is 284 g/mol. The number of rotatable bonds is 3. The van der Waals surface area contributed by atoms with Gasteiger partial charge in [0.2, 0.25) is 11.2 Å². The van der Waals surface area contributed by atoms with Gasteiger partial charge < -0.3 is 24.9 Å². The van der Waals surface area contributed by atoms with Gasteiger partial charge >= 0.3 is 0 Å². The van der Waals surface area contributed by atoms with Crippen LogP contribution >= 0.6 is 11.6 Å². The number of ether oxygens (including phenoxy) is 1. The van der Waals surface area contributed by atoms with E-state index in [9.17, 15) is 5.11 Å². The van der Waals surface area contributed by atoms with Crippen molar-refractivity contribution in [3.63, 3.8) is 0 Å². The summed E-state index contributed by atoms with van der Waals surface area (Å²) in [6.07, 6.45) is 0.268. The van der Waals surface area contributed by atoms with Crippen LogP contribution < -0.4 is 15.4 Å². The monoisotopic (exact) mass is 298 g/mol. The van der Waals surface area contributed by atoms with Crippen LogP contribution in [0.1, 0.15) is 6.42 Å². The van der Waals surface area contributed by atoms with E-state index >= 15 is 0 Å². The minimum Gasteiger partial charge on any atom is -0.493 e. The molecule has 20 heavy (non-hydrogen) atoms. The number of hydrogen-bond acceptors (Lipinski definition) is 7. The zero-order valence-electron chi connectivity index (χ0n) is 10.9. The summed E-state index contributed by atoms with van der Waals surface area (Å²) in [5.41, 5.74) is 0.838. The lowest BCUT2D eigenvalue weighted by molar-refractivity contribution is 0.136. The number of oxazole rings is 1. The van der Waals surface area contributed by atoms with Gasteiger partial charge in [0.1, 0.15) is 5.15 Å². The maximum Gasteiger partial charge on any atom is 0.297 e. The number of anilines is 1. The van der Waals surface area contributed by atoms with Crippen LogP contribution in [-0.4, -0.2) is 47.4 Å². The second-order valence-corrected chi connectivity index (χ2v) is 5.10. The molecule has 0 amide bonds. The average molecular weight is 299 g/mol. The Hall–Kier alpha value is -1.57. The highest BCUT2D eigenvalue weighted by Gasteiger charge is 2.22. The number of nitrogens with zero attached hydrogens (tertiary/aromatic N) is 2. The van der Waals surface area contributed by atoms with E-state index in [0.717, 1.165) is 6.54 Å². The summed E-state index contributed by atoms with van der Waals surface area (Å²) in [7, 11) is 1.53. The molecule has 2 atom stereocenters. The average Bonchev–Trinajstić information content (AvgIpc) is 2.79. The highest BCUT2D eigenvalue weighted by molar-refractivity contribution is 6.30. The fourth-order valence-corrected chi connectivity index (χ4v) is 2.45. The van der Waals surface area contributed by atoms with E-state index in [4.69, 9.17) is 20.8 Å². The number of halogens is 1. The summed E-state index contributed by atoms with van der Waals surface area (Å²) in [6, 6.07) is 1.97. The Labute approximate surface area is 120 Å². The molecule has 0 saturated carbocycles. The van der Waals surface area contributed by atoms with Gasteiger partial charge in [-0.1, -0.05) is 11.6 Å². The van der Waals surface area contributed by atoms with Crippen LogP contribution in [0.5, 0.6) is 5.75 Å². The predicted octanol–water partition coefficient (Wildman–Crippen LogP) is 1.02. The van der Waals surface area contributed by atoms with E-state index in [1.165, 1.54) is 7.11 Å². The minimum atomic E-state index is -0.368. The summed E-state index contributed by atoms with van der Waals surface area (Å²) in [6.45, 7) is 1.35. The van der Waals surface area contributed by atoms with Gasteiger partial charge in [-0.3, -0.25) is 0 Å². The van der Waals surface area contributed by atoms with Crippen molar-refractivity contribution < 1.29 is 14.3 Å². The van der Waals surface area contributed by atoms with Crippen LogP contribution in [0.2, 0.25) is 5.15 Å². The standard InChI is InChI=1S/C12H15ClN4O3/c1-19-8-3-9(13)16-11-10(8)20-12(17-11)15-6-2-7(18)5-14-4-6/h3,6-7,14,18H,2,4-5H2,1H3,(H,15,16,17)/t6-,7+/m1/s1. The van der Waals surface area contributed by atoms with Crippen molar-refractivity contribution in [2.45, 2.75) is 18.6 Å². The second kappa shape index (κ2) is 5.43. The SMILES string of the molecule is COc1cc(Cl)nc2nc(N[C@H]3CNC[C@@H](O)C3)oc12. The van der Waals surface area contributed by atoms with Crippen LogP contribution in [0.15, 0.2) is 10.5 Å². The van der Waals surface area contributed by atoms with E-state index in [0.29, 0.717) is 41.1 Å². The third-order valence-corrected chi connectivity index (χ3v) is 3.36. The Morgan fingerprint density at radius 3 is 3.10 bits per heavy atom. The van der Waals surface area contributed by atoms with Crippen LogP contribution in [-0.2, 0) is 0 Å². The predicted molar refractivity (Wildman–Crippen MR) is 74.3 cm³/mol. The lowest BCUT2D eigenvalue weighted by atomic mass is 10.1. The third kappa shape index (κ3) is 2.65. The Balaban J connectivity index is 1.85. The molecular formula is C12H15ClN4O3. The zero-order valence-corrected chi connectivity index (χ0v) is 11.6. The van der Waals surface area contributed by atoms with Crippen molar-refractivity contribution >= 4 is 28.8 Å². The number of nitrogens with one attached hydrogen (secondary N) is 2. The Morgan fingerprint density at radius 2 is 2.35 bits per heavy atom. The highest BCUT2D eigenvalue weighted by Crippen LogP contribution is 2.29. The van der Waals surface area contributed by atoms with Crippen molar-refractivity contribution in [2.24, 2.45) is 0 Å². The van der Waals surface area contributed by atoms with Crippen LogP contribution in [0.4, 0.5) is 6.01 Å². The first-order valence-electron chi connectivity index (χ1n) is 6.32. The van der Waals surface area contributed by atoms with Gasteiger partial charge in [-0.05, 0) is 6.42 Å². The maximum atomic E-state index is 9.61. The second-order valence-electron chi connectivity index (χ2n) is 4.71. The number of methoxy groups -OCH3 is 1. The quantitative estimate of drug-likeness (QED) is 0.729. The summed E-state index contributed by atoms with van der Waals surface area (Å²) in [5, 5.41) is 16.2. The molecule has 2 aromatic heterocycles. The van der Waals surface area contributed by atoms with Gasteiger partial charge in [-0.2, -0.15) is 4.98 Å². The molecule has 0 aliphatic carbocycles. The molecule has 0 aromatic carbocycles. The fourth-order valence-electron chi connectivity index (χ4n) is 2.27. The number of pyridine rings is 1. The van der Waals surface area contributed by atoms with Crippen molar-refractivity contribution in [3.05, 3.63) is 11.2 Å². The first-order chi connectivity index (χ1) is 9.65. The molecule has 1 saturated heterocycles. The molecule has 3 N–H and O–H groups in total. The fraction of sp³-hybridized carbons (Fsp3) is 0.500. The number of β-amino-alcohol motifs (C(OH)–C–C–N with tert-alkyl or cyclic N) is 1. The highest BCUT2D eigenvalue weighted by atomic mass is 35.5. The first-order valence-corrected chi connectivity index (χ1v) is 6.70. The number of aliphatic hydroxyl groups is 1. The Morgan fingerprint density at radius 1 is 1.50 bits per heavy atom. The van der Waals surface area contributed by atoms with E-state index in [1.54, 1.807) is 6.07 Å². The summed E-state index contributed by atoms with van der Waals surface area (Å²) in [5.74, 6) is 0.488. The third-order valence-electron chi connectivity index (χ3n) is 3.17. The maximum absolute atomic E-state index is 9.61. The Kier molecular flexibility index (Phi) is 3.64. The van der Waals surface area contributed by atoms with Crippen molar-refractivity contribution in [1.82, 2.24) is 15.3 Å². The van der Waals surface area contributed by atoms with Gasteiger partial charge in [-0.25, -0.2) is 4.98 Å². The van der Waals surface area contributed by atoms with Crippen molar-refractivity contribution in [2.75, 3.05) is 25.5 Å². The normalized spacial score (nSPS) is 22.9. The summed E-state index contributed by atoms with van der Waals surface area (Å²) >= 11 is 5.89. The first kappa shape index (κ1) is 13.4. The topological polar surface area (TPSA) is 92.4 Å². The number of hydrogen-bond donors (Lipinski definition) is 3. The number of piperidine rings is 1. The molecule has 0 bridgehead atoms. The largest absolute Gasteiger partial charge is 0.493 e. The molecule has 1 aliphatic heterocycles. The van der Waals surface area contributed by atoms with Crippen LogP contribution in [0, 0.1) is 0 Å². The lowest BCUT2D eigenvalue weighted by Crippen LogP contribution is -2.45. The number of fused-ring (bicyclic) bond motifs is 1.